The molecule has 0 unspecified atom stereocenters. The van der Waals surface area contributed by atoms with E-state index < -0.39 is 6.04 Å². The summed E-state index contributed by atoms with van der Waals surface area (Å²) in [6.07, 6.45) is 0.553. The van der Waals surface area contributed by atoms with E-state index in [2.05, 4.69) is 15.9 Å². The summed E-state index contributed by atoms with van der Waals surface area (Å²) in [4.78, 5) is 31.4. The van der Waals surface area contributed by atoms with E-state index in [9.17, 15) is 9.59 Å². The molecule has 0 spiro atoms. The molecule has 5 nitrogen and oxygen atoms in total. The predicted octanol–water partition coefficient (Wildman–Crippen LogP) is 3.14. The molecule has 0 N–H and O–H groups in total. The molecule has 2 heterocycles. The molecule has 2 saturated heterocycles. The molecular formula is C21H22BrN3O2. The fraction of sp³-hybridized carbons (Fsp3) is 0.333. The number of hydrogen-bond donors (Lipinski definition) is 0. The van der Waals surface area contributed by atoms with Crippen LogP contribution in [0.3, 0.4) is 0 Å². The van der Waals surface area contributed by atoms with E-state index >= 15 is 0 Å². The van der Waals surface area contributed by atoms with Gasteiger partial charge in [-0.2, -0.15) is 0 Å². The minimum atomic E-state index is -0.434. The molecule has 140 valence electrons. The summed E-state index contributed by atoms with van der Waals surface area (Å²) < 4.78 is 1.00. The molecule has 2 fully saturated rings. The van der Waals surface area contributed by atoms with E-state index in [-0.39, 0.29) is 18.0 Å². The summed E-state index contributed by atoms with van der Waals surface area (Å²) >= 11 is 3.48. The second-order valence-corrected chi connectivity index (χ2v) is 8.19. The zero-order valence-electron chi connectivity index (χ0n) is 15.2. The van der Waals surface area contributed by atoms with Crippen molar-refractivity contribution in [2.24, 2.45) is 0 Å². The van der Waals surface area contributed by atoms with Gasteiger partial charge in [-0.15, -0.1) is 0 Å². The van der Waals surface area contributed by atoms with Crippen LogP contribution >= 0.6 is 15.9 Å². The lowest BCUT2D eigenvalue weighted by molar-refractivity contribution is -0.139. The number of piperazine rings is 1. The number of carbonyl (C=O) groups excluding carboxylic acids is 2. The van der Waals surface area contributed by atoms with Gasteiger partial charge in [0.15, 0.2) is 0 Å². The Morgan fingerprint density at radius 2 is 1.74 bits per heavy atom. The molecule has 2 aromatic carbocycles. The van der Waals surface area contributed by atoms with Gasteiger partial charge in [0.1, 0.15) is 6.04 Å². The lowest BCUT2D eigenvalue weighted by Crippen LogP contribution is -2.60. The third kappa shape index (κ3) is 3.58. The number of nitrogens with zero attached hydrogens (tertiary/aromatic N) is 3. The van der Waals surface area contributed by atoms with Crippen molar-refractivity contribution in [3.63, 3.8) is 0 Å². The first-order valence-corrected chi connectivity index (χ1v) is 9.93. The highest BCUT2D eigenvalue weighted by atomic mass is 79.9. The van der Waals surface area contributed by atoms with Gasteiger partial charge in [0.05, 0.1) is 6.04 Å². The van der Waals surface area contributed by atoms with Gasteiger partial charge in [-0.3, -0.25) is 4.79 Å². The Morgan fingerprint density at radius 3 is 2.48 bits per heavy atom. The van der Waals surface area contributed by atoms with Crippen molar-refractivity contribution in [2.75, 3.05) is 20.1 Å². The van der Waals surface area contributed by atoms with Crippen LogP contribution in [0, 0.1) is 0 Å². The highest BCUT2D eigenvalue weighted by molar-refractivity contribution is 9.10. The van der Waals surface area contributed by atoms with Crippen molar-refractivity contribution >= 4 is 27.9 Å². The van der Waals surface area contributed by atoms with Crippen molar-refractivity contribution in [1.29, 1.82) is 0 Å². The highest BCUT2D eigenvalue weighted by Crippen LogP contribution is 2.28. The Balaban J connectivity index is 1.57. The third-order valence-corrected chi connectivity index (χ3v) is 5.83. The number of fused-ring (bicyclic) bond motifs is 1. The molecule has 2 aromatic rings. The van der Waals surface area contributed by atoms with Crippen LogP contribution in [0.5, 0.6) is 0 Å². The van der Waals surface area contributed by atoms with Crippen LogP contribution in [0.1, 0.15) is 11.1 Å². The zero-order valence-corrected chi connectivity index (χ0v) is 16.8. The van der Waals surface area contributed by atoms with Gasteiger partial charge >= 0.3 is 6.03 Å². The number of halogens is 1. The fourth-order valence-electron chi connectivity index (χ4n) is 4.06. The highest BCUT2D eigenvalue weighted by Gasteiger charge is 2.48. The van der Waals surface area contributed by atoms with Gasteiger partial charge < -0.3 is 14.7 Å². The van der Waals surface area contributed by atoms with Crippen molar-refractivity contribution < 1.29 is 9.59 Å². The molecule has 2 atom stereocenters. The summed E-state index contributed by atoms with van der Waals surface area (Å²) in [5.74, 6) is 0.0211. The largest absolute Gasteiger partial charge is 0.342 e. The maximum atomic E-state index is 13.2. The van der Waals surface area contributed by atoms with E-state index in [1.54, 1.807) is 4.90 Å². The Labute approximate surface area is 167 Å². The van der Waals surface area contributed by atoms with E-state index in [1.165, 1.54) is 0 Å². The number of hydrogen-bond acceptors (Lipinski definition) is 2. The number of amides is 3. The van der Waals surface area contributed by atoms with Gasteiger partial charge in [-0.05, 0) is 23.3 Å². The molecule has 0 bridgehead atoms. The quantitative estimate of drug-likeness (QED) is 0.751. The lowest BCUT2D eigenvalue weighted by atomic mass is 9.99. The molecule has 3 amide bonds. The monoisotopic (exact) mass is 427 g/mol. The number of rotatable bonds is 4. The second kappa shape index (κ2) is 7.35. The first-order chi connectivity index (χ1) is 13.0. The van der Waals surface area contributed by atoms with Gasteiger partial charge in [0.25, 0.3) is 0 Å². The maximum absolute atomic E-state index is 13.2. The molecule has 6 heteroatoms. The van der Waals surface area contributed by atoms with Crippen molar-refractivity contribution in [3.8, 4) is 0 Å². The van der Waals surface area contributed by atoms with Crippen molar-refractivity contribution in [3.05, 3.63) is 70.2 Å². The molecule has 2 aliphatic rings. The average Bonchev–Trinajstić information content (AvgIpc) is 2.95. The number of urea groups is 1. The van der Waals surface area contributed by atoms with Crippen LogP contribution in [0.2, 0.25) is 0 Å². The SMILES string of the molecule is CN1C[C@@H]2CN(Cc3cccc(Br)c3)C(=O)N2[C@@H](Cc2ccccc2)C1=O. The zero-order chi connectivity index (χ0) is 19.0. The van der Waals surface area contributed by atoms with Gasteiger partial charge in [-0.1, -0.05) is 58.4 Å². The Morgan fingerprint density at radius 1 is 1.00 bits per heavy atom. The molecule has 0 radical (unpaired) electrons. The minimum absolute atomic E-state index is 0.0211. The minimum Gasteiger partial charge on any atom is -0.342 e. The average molecular weight is 428 g/mol. The summed E-state index contributed by atoms with van der Waals surface area (Å²) in [5.41, 5.74) is 2.15. The van der Waals surface area contributed by atoms with Gasteiger partial charge in [-0.25, -0.2) is 4.79 Å². The van der Waals surface area contributed by atoms with Crippen LogP contribution in [-0.4, -0.2) is 58.9 Å². The Kier molecular flexibility index (Phi) is 4.91. The molecule has 27 heavy (non-hydrogen) atoms. The molecule has 0 aliphatic carbocycles. The van der Waals surface area contributed by atoms with E-state index in [1.807, 2.05) is 71.4 Å². The normalized spacial score (nSPS) is 22.4. The summed E-state index contributed by atoms with van der Waals surface area (Å²) in [6.45, 7) is 1.79. The number of benzene rings is 2. The maximum Gasteiger partial charge on any atom is 0.321 e. The number of likely N-dealkylation sites (N-methyl/N-ethyl adjacent to an activating group) is 1. The van der Waals surface area contributed by atoms with Crippen molar-refractivity contribution in [2.45, 2.75) is 25.0 Å². The smallest absolute Gasteiger partial charge is 0.321 e. The fourth-order valence-corrected chi connectivity index (χ4v) is 4.51. The first-order valence-electron chi connectivity index (χ1n) is 9.13. The van der Waals surface area contributed by atoms with Gasteiger partial charge in [0, 0.05) is 37.6 Å². The van der Waals surface area contributed by atoms with E-state index in [0.29, 0.717) is 26.1 Å². The standard InChI is InChI=1S/C21H22BrN3O2/c1-23-13-18-14-24(12-16-8-5-9-17(22)10-16)21(27)25(18)19(20(23)26)11-15-6-3-2-4-7-15/h2-10,18-19H,11-14H2,1H3/t18-,19+/m1/s1. The van der Waals surface area contributed by atoms with Crippen molar-refractivity contribution in [1.82, 2.24) is 14.7 Å². The summed E-state index contributed by atoms with van der Waals surface area (Å²) in [5, 5.41) is 0. The van der Waals surface area contributed by atoms with Gasteiger partial charge in [0.2, 0.25) is 5.91 Å². The molecule has 2 aliphatic heterocycles. The first kappa shape index (κ1) is 18.0. The molecule has 4 rings (SSSR count). The van der Waals surface area contributed by atoms with E-state index in [0.717, 1.165) is 15.6 Å². The van der Waals surface area contributed by atoms with Crippen LogP contribution in [0.15, 0.2) is 59.1 Å². The molecule has 0 saturated carbocycles. The summed E-state index contributed by atoms with van der Waals surface area (Å²) in [7, 11) is 1.83. The number of carbonyl (C=O) groups is 2. The van der Waals surface area contributed by atoms with E-state index in [4.69, 9.17) is 0 Å². The van der Waals surface area contributed by atoms with Crippen LogP contribution in [-0.2, 0) is 17.8 Å². The van der Waals surface area contributed by atoms with Crippen LogP contribution in [0.25, 0.3) is 0 Å². The Bertz CT molecular complexity index is 858. The molecule has 0 aromatic heterocycles. The van der Waals surface area contributed by atoms with Crippen LogP contribution in [0.4, 0.5) is 4.79 Å². The van der Waals surface area contributed by atoms with Crippen LogP contribution < -0.4 is 0 Å². The Hall–Kier alpha value is -2.34. The summed E-state index contributed by atoms with van der Waals surface area (Å²) in [6, 6.07) is 17.5. The molecular weight excluding hydrogens is 406 g/mol. The second-order valence-electron chi connectivity index (χ2n) is 7.28. The predicted molar refractivity (Wildman–Crippen MR) is 107 cm³/mol. The third-order valence-electron chi connectivity index (χ3n) is 5.33. The lowest BCUT2D eigenvalue weighted by Gasteiger charge is -2.40. The topological polar surface area (TPSA) is 43.9 Å².